The van der Waals surface area contributed by atoms with E-state index < -0.39 is 5.97 Å². The number of amides is 1. The van der Waals surface area contributed by atoms with Crippen molar-refractivity contribution in [2.75, 3.05) is 19.7 Å². The second-order valence-corrected chi connectivity index (χ2v) is 5.27. The van der Waals surface area contributed by atoms with Crippen LogP contribution in [0.2, 0.25) is 0 Å². The highest BCUT2D eigenvalue weighted by molar-refractivity contribution is 5.94. The molecule has 2 aromatic rings. The molecule has 0 unspecified atom stereocenters. The van der Waals surface area contributed by atoms with Crippen molar-refractivity contribution in [3.63, 3.8) is 0 Å². The summed E-state index contributed by atoms with van der Waals surface area (Å²) in [6.07, 6.45) is 8.09. The molecule has 0 N–H and O–H groups in total. The fourth-order valence-electron chi connectivity index (χ4n) is 2.15. The zero-order chi connectivity index (χ0) is 17.2. The third kappa shape index (κ3) is 5.15. The first-order valence-corrected chi connectivity index (χ1v) is 7.99. The average molecular weight is 327 g/mol. The summed E-state index contributed by atoms with van der Waals surface area (Å²) in [7, 11) is 0. The van der Waals surface area contributed by atoms with E-state index in [1.165, 1.54) is 6.20 Å². The SMILES string of the molecule is CCCCN(CCOC(=O)c1cccnc1)C(=O)c1cccnc1. The Morgan fingerprint density at radius 3 is 2.29 bits per heavy atom. The van der Waals surface area contributed by atoms with E-state index in [9.17, 15) is 9.59 Å². The molecule has 0 saturated carbocycles. The van der Waals surface area contributed by atoms with E-state index in [2.05, 4.69) is 16.9 Å². The molecule has 0 bridgehead atoms. The highest BCUT2D eigenvalue weighted by Crippen LogP contribution is 2.06. The molecule has 24 heavy (non-hydrogen) atoms. The summed E-state index contributed by atoms with van der Waals surface area (Å²) in [4.78, 5) is 34.0. The summed E-state index contributed by atoms with van der Waals surface area (Å²) < 4.78 is 5.24. The van der Waals surface area contributed by atoms with Gasteiger partial charge in [-0.1, -0.05) is 13.3 Å². The molecule has 0 fully saturated rings. The maximum absolute atomic E-state index is 12.5. The Morgan fingerprint density at radius 1 is 1.04 bits per heavy atom. The molecule has 0 aliphatic heterocycles. The molecular formula is C18H21N3O3. The maximum atomic E-state index is 12.5. The monoisotopic (exact) mass is 327 g/mol. The van der Waals surface area contributed by atoms with Crippen LogP contribution in [0.1, 0.15) is 40.5 Å². The molecule has 2 aromatic heterocycles. The minimum atomic E-state index is -0.438. The number of esters is 1. The molecule has 0 atom stereocenters. The molecule has 2 rings (SSSR count). The largest absolute Gasteiger partial charge is 0.460 e. The Morgan fingerprint density at radius 2 is 1.71 bits per heavy atom. The number of ether oxygens (including phenoxy) is 1. The maximum Gasteiger partial charge on any atom is 0.339 e. The van der Waals surface area contributed by atoms with Crippen LogP contribution in [0.5, 0.6) is 0 Å². The van der Waals surface area contributed by atoms with E-state index >= 15 is 0 Å². The molecule has 1 amide bonds. The minimum Gasteiger partial charge on any atom is -0.460 e. The van der Waals surface area contributed by atoms with Gasteiger partial charge in [-0.2, -0.15) is 0 Å². The Hall–Kier alpha value is -2.76. The van der Waals surface area contributed by atoms with Gasteiger partial charge in [-0.15, -0.1) is 0 Å². The standard InChI is InChI=1S/C18H21N3O3/c1-2-3-10-21(17(22)15-6-4-8-19-13-15)11-12-24-18(23)16-7-5-9-20-14-16/h4-9,13-14H,2-3,10-12H2,1H3. The van der Waals surface area contributed by atoms with Crippen molar-refractivity contribution in [3.05, 3.63) is 60.2 Å². The van der Waals surface area contributed by atoms with Crippen molar-refractivity contribution in [2.24, 2.45) is 0 Å². The van der Waals surface area contributed by atoms with Gasteiger partial charge in [0.25, 0.3) is 5.91 Å². The smallest absolute Gasteiger partial charge is 0.339 e. The Bertz CT molecular complexity index is 647. The number of carbonyl (C=O) groups is 2. The number of rotatable bonds is 8. The summed E-state index contributed by atoms with van der Waals surface area (Å²) in [5.74, 6) is -0.540. The predicted molar refractivity (Wildman–Crippen MR) is 89.6 cm³/mol. The first kappa shape index (κ1) is 17.6. The molecule has 0 aliphatic rings. The van der Waals surface area contributed by atoms with E-state index in [0.29, 0.717) is 24.2 Å². The van der Waals surface area contributed by atoms with Gasteiger partial charge in [-0.05, 0) is 30.7 Å². The van der Waals surface area contributed by atoms with Crippen LogP contribution in [0, 0.1) is 0 Å². The van der Waals surface area contributed by atoms with Gasteiger partial charge in [0.15, 0.2) is 0 Å². The number of aromatic nitrogens is 2. The summed E-state index contributed by atoms with van der Waals surface area (Å²) >= 11 is 0. The highest BCUT2D eigenvalue weighted by atomic mass is 16.5. The van der Waals surface area contributed by atoms with Crippen LogP contribution < -0.4 is 0 Å². The first-order chi connectivity index (χ1) is 11.7. The van der Waals surface area contributed by atoms with Crippen molar-refractivity contribution in [1.82, 2.24) is 14.9 Å². The molecule has 0 radical (unpaired) electrons. The van der Waals surface area contributed by atoms with Crippen LogP contribution in [0.15, 0.2) is 49.1 Å². The number of hydrogen-bond donors (Lipinski definition) is 0. The Kier molecular flexibility index (Phi) is 6.89. The van der Waals surface area contributed by atoms with Crippen molar-refractivity contribution in [3.8, 4) is 0 Å². The first-order valence-electron chi connectivity index (χ1n) is 7.99. The summed E-state index contributed by atoms with van der Waals surface area (Å²) in [6.45, 7) is 3.17. The lowest BCUT2D eigenvalue weighted by atomic mass is 10.2. The lowest BCUT2D eigenvalue weighted by Crippen LogP contribution is -2.35. The fraction of sp³-hybridized carbons (Fsp3) is 0.333. The molecule has 6 nitrogen and oxygen atoms in total. The van der Waals surface area contributed by atoms with Crippen LogP contribution in [0.4, 0.5) is 0 Å². The topological polar surface area (TPSA) is 72.4 Å². The van der Waals surface area contributed by atoms with Crippen LogP contribution in [-0.2, 0) is 4.74 Å². The van der Waals surface area contributed by atoms with Crippen LogP contribution in [-0.4, -0.2) is 46.4 Å². The molecule has 126 valence electrons. The van der Waals surface area contributed by atoms with Crippen LogP contribution in [0.3, 0.4) is 0 Å². The summed E-state index contributed by atoms with van der Waals surface area (Å²) in [5.41, 5.74) is 0.934. The predicted octanol–water partition coefficient (Wildman–Crippen LogP) is 2.58. The number of pyridine rings is 2. The van der Waals surface area contributed by atoms with Gasteiger partial charge in [0.05, 0.1) is 17.7 Å². The fourth-order valence-corrected chi connectivity index (χ4v) is 2.15. The zero-order valence-corrected chi connectivity index (χ0v) is 13.7. The average Bonchev–Trinajstić information content (AvgIpc) is 2.65. The third-order valence-corrected chi connectivity index (χ3v) is 3.47. The molecule has 0 aromatic carbocycles. The Balaban J connectivity index is 1.91. The van der Waals surface area contributed by atoms with E-state index in [1.54, 1.807) is 47.8 Å². The molecular weight excluding hydrogens is 306 g/mol. The zero-order valence-electron chi connectivity index (χ0n) is 13.7. The highest BCUT2D eigenvalue weighted by Gasteiger charge is 2.16. The van der Waals surface area contributed by atoms with Gasteiger partial charge in [-0.3, -0.25) is 14.8 Å². The van der Waals surface area contributed by atoms with E-state index in [4.69, 9.17) is 4.74 Å². The van der Waals surface area contributed by atoms with Gasteiger partial charge in [0.2, 0.25) is 0 Å². The minimum absolute atomic E-state index is 0.103. The van der Waals surface area contributed by atoms with Gasteiger partial charge < -0.3 is 9.64 Å². The van der Waals surface area contributed by atoms with E-state index in [0.717, 1.165) is 12.8 Å². The number of unbranched alkanes of at least 4 members (excludes halogenated alkanes) is 1. The van der Waals surface area contributed by atoms with Crippen molar-refractivity contribution in [2.45, 2.75) is 19.8 Å². The summed E-state index contributed by atoms with van der Waals surface area (Å²) in [6, 6.07) is 6.78. The van der Waals surface area contributed by atoms with Crippen molar-refractivity contribution < 1.29 is 14.3 Å². The lowest BCUT2D eigenvalue weighted by molar-refractivity contribution is 0.0433. The third-order valence-electron chi connectivity index (χ3n) is 3.47. The number of carbonyl (C=O) groups excluding carboxylic acids is 2. The van der Waals surface area contributed by atoms with Crippen LogP contribution in [0.25, 0.3) is 0 Å². The molecule has 0 aliphatic carbocycles. The van der Waals surface area contributed by atoms with Gasteiger partial charge in [0.1, 0.15) is 6.61 Å². The van der Waals surface area contributed by atoms with Gasteiger partial charge in [0, 0.05) is 31.3 Å². The van der Waals surface area contributed by atoms with E-state index in [-0.39, 0.29) is 12.5 Å². The lowest BCUT2D eigenvalue weighted by Gasteiger charge is -2.22. The van der Waals surface area contributed by atoms with Crippen molar-refractivity contribution >= 4 is 11.9 Å². The van der Waals surface area contributed by atoms with Gasteiger partial charge in [-0.25, -0.2) is 4.79 Å². The van der Waals surface area contributed by atoms with Crippen molar-refractivity contribution in [1.29, 1.82) is 0 Å². The number of hydrogen-bond acceptors (Lipinski definition) is 5. The molecule has 6 heteroatoms. The molecule has 2 heterocycles. The quantitative estimate of drug-likeness (QED) is 0.697. The second kappa shape index (κ2) is 9.39. The second-order valence-electron chi connectivity index (χ2n) is 5.27. The van der Waals surface area contributed by atoms with Gasteiger partial charge >= 0.3 is 5.97 Å². The Labute approximate surface area is 141 Å². The number of nitrogens with zero attached hydrogens (tertiary/aromatic N) is 3. The molecule has 0 saturated heterocycles. The van der Waals surface area contributed by atoms with E-state index in [1.807, 2.05) is 0 Å². The van der Waals surface area contributed by atoms with Crippen LogP contribution >= 0.6 is 0 Å². The molecule has 0 spiro atoms. The summed E-state index contributed by atoms with van der Waals surface area (Å²) in [5, 5.41) is 0. The normalized spacial score (nSPS) is 10.2.